The molecule has 0 saturated carbocycles. The smallest absolute Gasteiger partial charge is 0.274 e. The van der Waals surface area contributed by atoms with Gasteiger partial charge in [0.05, 0.1) is 27.1 Å². The zero-order chi connectivity index (χ0) is 18.6. The van der Waals surface area contributed by atoms with E-state index >= 15 is 0 Å². The number of anilines is 1. The van der Waals surface area contributed by atoms with Crippen LogP contribution in [0.4, 0.5) is 11.4 Å². The molecule has 2 N–H and O–H groups in total. The molecule has 0 aliphatic carbocycles. The van der Waals surface area contributed by atoms with E-state index in [1.165, 1.54) is 44.2 Å². The first kappa shape index (κ1) is 18.6. The van der Waals surface area contributed by atoms with Crippen LogP contribution in [-0.2, 0) is 14.8 Å². The second-order valence-electron chi connectivity index (χ2n) is 5.35. The number of nitro groups is 1. The molecule has 0 bridgehead atoms. The first-order chi connectivity index (χ1) is 11.7. The molecule has 2 rings (SSSR count). The summed E-state index contributed by atoms with van der Waals surface area (Å²) in [5, 5.41) is 13.4. The highest BCUT2D eigenvalue weighted by molar-refractivity contribution is 7.89. The molecular formula is C16H17N3O5S. The third kappa shape index (κ3) is 4.40. The SMILES string of the molecule is Cc1c(NC(=O)[C@@H](C)NS(=O)(=O)c2ccccc2)cccc1[N+](=O)[O-]. The predicted molar refractivity (Wildman–Crippen MR) is 92.7 cm³/mol. The highest BCUT2D eigenvalue weighted by Gasteiger charge is 2.23. The number of nitro benzene ring substituents is 1. The van der Waals surface area contributed by atoms with Crippen LogP contribution >= 0.6 is 0 Å². The minimum absolute atomic E-state index is 0.0428. The molecule has 0 radical (unpaired) electrons. The van der Waals surface area contributed by atoms with Gasteiger partial charge in [-0.1, -0.05) is 24.3 Å². The summed E-state index contributed by atoms with van der Waals surface area (Å²) in [5.74, 6) is -0.622. The normalized spacial score (nSPS) is 12.4. The molecule has 0 spiro atoms. The molecule has 2 aromatic rings. The number of benzene rings is 2. The number of hydrogen-bond acceptors (Lipinski definition) is 5. The molecular weight excluding hydrogens is 346 g/mol. The highest BCUT2D eigenvalue weighted by atomic mass is 32.2. The maximum absolute atomic E-state index is 12.2. The summed E-state index contributed by atoms with van der Waals surface area (Å²) >= 11 is 0. The predicted octanol–water partition coefficient (Wildman–Crippen LogP) is 2.21. The molecule has 2 aromatic carbocycles. The van der Waals surface area contributed by atoms with Crippen molar-refractivity contribution in [2.75, 3.05) is 5.32 Å². The van der Waals surface area contributed by atoms with Crippen molar-refractivity contribution in [1.29, 1.82) is 0 Å². The lowest BCUT2D eigenvalue weighted by Crippen LogP contribution is -2.41. The lowest BCUT2D eigenvalue weighted by molar-refractivity contribution is -0.385. The number of nitrogens with one attached hydrogen (secondary N) is 2. The Morgan fingerprint density at radius 1 is 1.12 bits per heavy atom. The van der Waals surface area contributed by atoms with Crippen LogP contribution in [0.25, 0.3) is 0 Å². The van der Waals surface area contributed by atoms with Gasteiger partial charge in [-0.15, -0.1) is 0 Å². The van der Waals surface area contributed by atoms with Gasteiger partial charge in [0, 0.05) is 6.07 Å². The first-order valence-corrected chi connectivity index (χ1v) is 8.83. The van der Waals surface area contributed by atoms with Crippen molar-refractivity contribution in [3.05, 3.63) is 64.2 Å². The maximum Gasteiger partial charge on any atom is 0.274 e. The van der Waals surface area contributed by atoms with E-state index < -0.39 is 26.9 Å². The van der Waals surface area contributed by atoms with E-state index in [2.05, 4.69) is 10.0 Å². The fraction of sp³-hybridized carbons (Fsp3) is 0.188. The molecule has 0 heterocycles. The van der Waals surface area contributed by atoms with Crippen LogP contribution in [0.15, 0.2) is 53.4 Å². The average molecular weight is 363 g/mol. The number of amides is 1. The summed E-state index contributed by atoms with van der Waals surface area (Å²) in [4.78, 5) is 22.7. The Bertz CT molecular complexity index is 897. The van der Waals surface area contributed by atoms with Gasteiger partial charge < -0.3 is 5.32 Å². The molecule has 0 aromatic heterocycles. The minimum Gasteiger partial charge on any atom is -0.324 e. The third-order valence-corrected chi connectivity index (χ3v) is 5.10. The Morgan fingerprint density at radius 2 is 1.76 bits per heavy atom. The molecule has 0 fully saturated rings. The maximum atomic E-state index is 12.2. The second kappa shape index (κ2) is 7.41. The second-order valence-corrected chi connectivity index (χ2v) is 7.07. The van der Waals surface area contributed by atoms with Gasteiger partial charge in [0.15, 0.2) is 0 Å². The highest BCUT2D eigenvalue weighted by Crippen LogP contribution is 2.25. The largest absolute Gasteiger partial charge is 0.324 e. The van der Waals surface area contributed by atoms with Gasteiger partial charge in [-0.25, -0.2) is 8.42 Å². The van der Waals surface area contributed by atoms with E-state index in [1.807, 2.05) is 0 Å². The van der Waals surface area contributed by atoms with Crippen LogP contribution < -0.4 is 10.0 Å². The summed E-state index contributed by atoms with van der Waals surface area (Å²) in [7, 11) is -3.85. The number of carbonyl (C=O) groups is 1. The van der Waals surface area contributed by atoms with Gasteiger partial charge in [0.25, 0.3) is 5.69 Å². The lowest BCUT2D eigenvalue weighted by Gasteiger charge is -2.15. The molecule has 1 atom stereocenters. The van der Waals surface area contributed by atoms with Gasteiger partial charge in [-0.2, -0.15) is 4.72 Å². The zero-order valence-electron chi connectivity index (χ0n) is 13.6. The Kier molecular flexibility index (Phi) is 5.50. The van der Waals surface area contributed by atoms with Crippen molar-refractivity contribution < 1.29 is 18.1 Å². The molecule has 0 saturated heterocycles. The van der Waals surface area contributed by atoms with E-state index in [1.54, 1.807) is 18.2 Å². The van der Waals surface area contributed by atoms with Crippen molar-refractivity contribution in [1.82, 2.24) is 4.72 Å². The van der Waals surface area contributed by atoms with Crippen molar-refractivity contribution in [2.24, 2.45) is 0 Å². The van der Waals surface area contributed by atoms with Gasteiger partial charge in [0.2, 0.25) is 15.9 Å². The molecule has 132 valence electrons. The standard InChI is InChI=1S/C16H17N3O5S/c1-11-14(9-6-10-15(11)19(21)22)17-16(20)12(2)18-25(23,24)13-7-4-3-5-8-13/h3-10,12,18H,1-2H3,(H,17,20)/t12-/m1/s1. The van der Waals surface area contributed by atoms with Crippen molar-refractivity contribution in [3.63, 3.8) is 0 Å². The Labute approximate surface area is 145 Å². The van der Waals surface area contributed by atoms with Crippen LogP contribution in [0.2, 0.25) is 0 Å². The van der Waals surface area contributed by atoms with Crippen LogP contribution in [0.3, 0.4) is 0 Å². The van der Waals surface area contributed by atoms with E-state index in [4.69, 9.17) is 0 Å². The molecule has 8 nitrogen and oxygen atoms in total. The Balaban J connectivity index is 2.14. The summed E-state index contributed by atoms with van der Waals surface area (Å²) < 4.78 is 26.7. The van der Waals surface area contributed by atoms with E-state index in [0.717, 1.165) is 0 Å². The first-order valence-electron chi connectivity index (χ1n) is 7.34. The Morgan fingerprint density at radius 3 is 2.36 bits per heavy atom. The molecule has 1 amide bonds. The Hall–Kier alpha value is -2.78. The average Bonchev–Trinajstić information content (AvgIpc) is 2.56. The van der Waals surface area contributed by atoms with E-state index in [9.17, 15) is 23.3 Å². The van der Waals surface area contributed by atoms with Gasteiger partial charge in [-0.05, 0) is 32.0 Å². The number of nitrogens with zero attached hydrogens (tertiary/aromatic N) is 1. The molecule has 0 aliphatic heterocycles. The number of rotatable bonds is 6. The topological polar surface area (TPSA) is 118 Å². The van der Waals surface area contributed by atoms with Crippen molar-refractivity contribution >= 4 is 27.3 Å². The molecule has 0 unspecified atom stereocenters. The van der Waals surface area contributed by atoms with Gasteiger partial charge >= 0.3 is 0 Å². The zero-order valence-corrected chi connectivity index (χ0v) is 14.4. The van der Waals surface area contributed by atoms with Gasteiger partial charge in [0.1, 0.15) is 0 Å². The summed E-state index contributed by atoms with van der Waals surface area (Å²) in [6, 6.07) is 10.9. The third-order valence-electron chi connectivity index (χ3n) is 3.54. The molecule has 25 heavy (non-hydrogen) atoms. The fourth-order valence-electron chi connectivity index (χ4n) is 2.15. The monoisotopic (exact) mass is 363 g/mol. The summed E-state index contributed by atoms with van der Waals surface area (Å²) in [6.45, 7) is 2.90. The molecule has 0 aliphatic rings. The van der Waals surface area contributed by atoms with Crippen LogP contribution in [0.1, 0.15) is 12.5 Å². The quantitative estimate of drug-likeness (QED) is 0.602. The number of hydrogen-bond donors (Lipinski definition) is 2. The van der Waals surface area contributed by atoms with Crippen LogP contribution in [-0.4, -0.2) is 25.3 Å². The fourth-order valence-corrected chi connectivity index (χ4v) is 3.38. The van der Waals surface area contributed by atoms with Crippen molar-refractivity contribution in [3.8, 4) is 0 Å². The summed E-state index contributed by atoms with van der Waals surface area (Å²) in [6.07, 6.45) is 0. The van der Waals surface area contributed by atoms with Crippen LogP contribution in [0.5, 0.6) is 0 Å². The van der Waals surface area contributed by atoms with E-state index in [-0.39, 0.29) is 16.3 Å². The number of carbonyl (C=O) groups excluding carboxylic acids is 1. The minimum atomic E-state index is -3.85. The number of sulfonamides is 1. The van der Waals surface area contributed by atoms with Crippen molar-refractivity contribution in [2.45, 2.75) is 24.8 Å². The summed E-state index contributed by atoms with van der Waals surface area (Å²) in [5.41, 5.74) is 0.416. The lowest BCUT2D eigenvalue weighted by atomic mass is 10.1. The van der Waals surface area contributed by atoms with Crippen LogP contribution in [0, 0.1) is 17.0 Å². The molecule has 9 heteroatoms. The van der Waals surface area contributed by atoms with Gasteiger partial charge in [-0.3, -0.25) is 14.9 Å². The van der Waals surface area contributed by atoms with E-state index in [0.29, 0.717) is 5.56 Å².